The summed E-state index contributed by atoms with van der Waals surface area (Å²) in [6, 6.07) is 17.6. The minimum atomic E-state index is -4.07. The lowest BCUT2D eigenvalue weighted by Crippen LogP contribution is -2.40. The number of non-ortho nitro benzene ring substituents is 1. The van der Waals surface area contributed by atoms with E-state index >= 15 is 0 Å². The van der Waals surface area contributed by atoms with Gasteiger partial charge in [-0.25, -0.2) is 13.8 Å². The minimum Gasteiger partial charge on any atom is -0.378 e. The number of benzene rings is 3. The van der Waals surface area contributed by atoms with Gasteiger partial charge in [0, 0.05) is 36.5 Å². The van der Waals surface area contributed by atoms with E-state index in [1.54, 1.807) is 43.3 Å². The van der Waals surface area contributed by atoms with E-state index in [0.29, 0.717) is 48.8 Å². The fourth-order valence-corrected chi connectivity index (χ4v) is 5.80. The molecule has 0 radical (unpaired) electrons. The molecule has 1 aliphatic rings. The maximum Gasteiger partial charge on any atom is 0.270 e. The number of sulfonamides is 1. The molecule has 1 saturated heterocycles. The molecule has 1 amide bonds. The normalized spacial score (nSPS) is 13.8. The van der Waals surface area contributed by atoms with E-state index in [0.717, 1.165) is 9.87 Å². The molecule has 0 spiro atoms. The number of morpholine rings is 1. The van der Waals surface area contributed by atoms with E-state index < -0.39 is 27.4 Å². The number of nitrogens with zero attached hydrogens (tertiary/aromatic N) is 4. The molecule has 0 aliphatic carbocycles. The SMILES string of the molecule is Cc1ccc(N(CC(=O)N/N=C/c2cc([N+](=O)[O-])ccc2N2CCOCC2)S(=O)(=O)c2ccccc2)c(C)c1. The molecule has 11 nitrogen and oxygen atoms in total. The predicted octanol–water partition coefficient (Wildman–Crippen LogP) is 3.39. The fourth-order valence-electron chi connectivity index (χ4n) is 4.30. The maximum atomic E-state index is 13.5. The Bertz CT molecular complexity index is 1490. The van der Waals surface area contributed by atoms with Gasteiger partial charge in [0.1, 0.15) is 6.54 Å². The number of nitrogens with one attached hydrogen (secondary N) is 1. The number of rotatable bonds is 9. The minimum absolute atomic E-state index is 0.0491. The molecule has 1 heterocycles. The monoisotopic (exact) mass is 551 g/mol. The Hall–Kier alpha value is -4.29. The lowest BCUT2D eigenvalue weighted by atomic mass is 10.1. The number of hydrogen-bond donors (Lipinski definition) is 1. The number of aryl methyl sites for hydroxylation is 2. The average molecular weight is 552 g/mol. The number of nitro groups is 1. The molecule has 12 heteroatoms. The molecule has 0 bridgehead atoms. The van der Waals surface area contributed by atoms with E-state index in [4.69, 9.17) is 4.74 Å². The van der Waals surface area contributed by atoms with Gasteiger partial charge in [-0.15, -0.1) is 0 Å². The quantitative estimate of drug-likeness (QED) is 0.245. The zero-order valence-corrected chi connectivity index (χ0v) is 22.4. The highest BCUT2D eigenvalue weighted by Gasteiger charge is 2.28. The zero-order valence-electron chi connectivity index (χ0n) is 21.6. The van der Waals surface area contributed by atoms with Crippen molar-refractivity contribution in [1.82, 2.24) is 5.43 Å². The summed E-state index contributed by atoms with van der Waals surface area (Å²) in [6.07, 6.45) is 1.32. The second-order valence-electron chi connectivity index (χ2n) is 9.01. The van der Waals surface area contributed by atoms with Gasteiger partial charge in [-0.3, -0.25) is 19.2 Å². The van der Waals surface area contributed by atoms with Crippen LogP contribution in [0, 0.1) is 24.0 Å². The van der Waals surface area contributed by atoms with Gasteiger partial charge in [-0.1, -0.05) is 35.9 Å². The summed E-state index contributed by atoms with van der Waals surface area (Å²) in [4.78, 5) is 25.9. The molecular weight excluding hydrogens is 522 g/mol. The van der Waals surface area contributed by atoms with Crippen molar-refractivity contribution >= 4 is 39.2 Å². The van der Waals surface area contributed by atoms with E-state index in [2.05, 4.69) is 10.5 Å². The zero-order chi connectivity index (χ0) is 28.0. The highest BCUT2D eigenvalue weighted by atomic mass is 32.2. The van der Waals surface area contributed by atoms with Crippen LogP contribution < -0.4 is 14.6 Å². The third-order valence-electron chi connectivity index (χ3n) is 6.21. The summed E-state index contributed by atoms with van der Waals surface area (Å²) in [5, 5.41) is 15.3. The molecule has 3 aromatic carbocycles. The van der Waals surface area contributed by atoms with Gasteiger partial charge in [-0.2, -0.15) is 5.10 Å². The Balaban J connectivity index is 1.59. The van der Waals surface area contributed by atoms with Crippen molar-refractivity contribution in [2.24, 2.45) is 5.10 Å². The van der Waals surface area contributed by atoms with Crippen molar-refractivity contribution in [2.45, 2.75) is 18.7 Å². The second-order valence-corrected chi connectivity index (χ2v) is 10.9. The highest BCUT2D eigenvalue weighted by Crippen LogP contribution is 2.28. The third-order valence-corrected chi connectivity index (χ3v) is 7.98. The smallest absolute Gasteiger partial charge is 0.270 e. The first-order valence-electron chi connectivity index (χ1n) is 12.2. The predicted molar refractivity (Wildman–Crippen MR) is 149 cm³/mol. The number of carbonyl (C=O) groups is 1. The van der Waals surface area contributed by atoms with E-state index in [1.165, 1.54) is 30.5 Å². The van der Waals surface area contributed by atoms with Crippen LogP contribution in [0.3, 0.4) is 0 Å². The van der Waals surface area contributed by atoms with Gasteiger partial charge in [0.25, 0.3) is 21.6 Å². The van der Waals surface area contributed by atoms with Gasteiger partial charge in [0.2, 0.25) is 0 Å². The number of hydrogen-bond acceptors (Lipinski definition) is 8. The van der Waals surface area contributed by atoms with Crippen molar-refractivity contribution in [1.29, 1.82) is 0 Å². The summed E-state index contributed by atoms with van der Waals surface area (Å²) in [5.41, 5.74) is 5.43. The number of anilines is 2. The van der Waals surface area contributed by atoms with Crippen LogP contribution in [0.4, 0.5) is 17.1 Å². The second kappa shape index (κ2) is 12.0. The summed E-state index contributed by atoms with van der Waals surface area (Å²) < 4.78 is 33.5. The van der Waals surface area contributed by atoms with Gasteiger partial charge in [0.05, 0.1) is 34.9 Å². The Morgan fingerprint density at radius 2 is 1.82 bits per heavy atom. The summed E-state index contributed by atoms with van der Waals surface area (Å²) in [5.74, 6) is -0.677. The van der Waals surface area contributed by atoms with Crippen LogP contribution in [0.1, 0.15) is 16.7 Å². The first kappa shape index (κ1) is 27.7. The molecule has 0 atom stereocenters. The van der Waals surface area contributed by atoms with Crippen LogP contribution >= 0.6 is 0 Å². The molecule has 1 aliphatic heterocycles. The maximum absolute atomic E-state index is 13.5. The third kappa shape index (κ3) is 6.59. The Kier molecular flexibility index (Phi) is 8.57. The van der Waals surface area contributed by atoms with Gasteiger partial charge >= 0.3 is 0 Å². The van der Waals surface area contributed by atoms with Crippen molar-refractivity contribution in [3.8, 4) is 0 Å². The average Bonchev–Trinajstić information content (AvgIpc) is 2.93. The molecule has 39 heavy (non-hydrogen) atoms. The Morgan fingerprint density at radius 3 is 2.49 bits per heavy atom. The van der Waals surface area contributed by atoms with Crippen LogP contribution in [-0.2, 0) is 19.6 Å². The molecule has 0 aromatic heterocycles. The molecule has 204 valence electrons. The standard InChI is InChI=1S/C27H29N5O6S/c1-20-8-10-25(21(2)16-20)31(39(36,37)24-6-4-3-5-7-24)19-27(33)29-28-18-22-17-23(32(34)35)9-11-26(22)30-12-14-38-15-13-30/h3-11,16-18H,12-15,19H2,1-2H3,(H,29,33)/b28-18+. The number of carbonyl (C=O) groups excluding carboxylic acids is 1. The van der Waals surface area contributed by atoms with Crippen LogP contribution in [0.25, 0.3) is 0 Å². The molecule has 4 rings (SSSR count). The van der Waals surface area contributed by atoms with Crippen LogP contribution in [0.2, 0.25) is 0 Å². The van der Waals surface area contributed by atoms with Crippen LogP contribution in [-0.4, -0.2) is 58.3 Å². The highest BCUT2D eigenvalue weighted by molar-refractivity contribution is 7.92. The van der Waals surface area contributed by atoms with E-state index in [-0.39, 0.29) is 10.6 Å². The molecule has 3 aromatic rings. The van der Waals surface area contributed by atoms with E-state index in [1.807, 2.05) is 17.9 Å². The van der Waals surface area contributed by atoms with Gasteiger partial charge in [-0.05, 0) is 43.7 Å². The molecule has 1 N–H and O–H groups in total. The number of hydrazone groups is 1. The first-order valence-corrected chi connectivity index (χ1v) is 13.7. The Morgan fingerprint density at radius 1 is 1.10 bits per heavy atom. The van der Waals surface area contributed by atoms with Gasteiger partial charge < -0.3 is 9.64 Å². The lowest BCUT2D eigenvalue weighted by Gasteiger charge is -2.29. The van der Waals surface area contributed by atoms with Crippen molar-refractivity contribution in [3.05, 3.63) is 93.5 Å². The summed E-state index contributed by atoms with van der Waals surface area (Å²) in [7, 11) is -4.07. The fraction of sp³-hybridized carbons (Fsp3) is 0.259. The van der Waals surface area contributed by atoms with Crippen molar-refractivity contribution < 1.29 is 22.9 Å². The first-order chi connectivity index (χ1) is 18.7. The molecule has 0 saturated carbocycles. The molecule has 0 unspecified atom stereocenters. The lowest BCUT2D eigenvalue weighted by molar-refractivity contribution is -0.384. The van der Waals surface area contributed by atoms with Crippen molar-refractivity contribution in [2.75, 3.05) is 42.1 Å². The van der Waals surface area contributed by atoms with Gasteiger partial charge in [0.15, 0.2) is 0 Å². The number of nitro benzene ring substituents is 1. The van der Waals surface area contributed by atoms with E-state index in [9.17, 15) is 23.3 Å². The van der Waals surface area contributed by atoms with Crippen LogP contribution in [0.15, 0.2) is 76.7 Å². The number of ether oxygens (including phenoxy) is 1. The summed E-state index contributed by atoms with van der Waals surface area (Å²) >= 11 is 0. The largest absolute Gasteiger partial charge is 0.378 e. The molecule has 1 fully saturated rings. The molecular formula is C27H29N5O6S. The van der Waals surface area contributed by atoms with Crippen molar-refractivity contribution in [3.63, 3.8) is 0 Å². The van der Waals surface area contributed by atoms with Crippen LogP contribution in [0.5, 0.6) is 0 Å². The number of amides is 1. The summed E-state index contributed by atoms with van der Waals surface area (Å²) in [6.45, 7) is 5.40. The Labute approximate surface area is 226 Å². The topological polar surface area (TPSA) is 134 Å².